The lowest BCUT2D eigenvalue weighted by atomic mass is 9.78. The number of carbonyl (C=O) groups excluding carboxylic acids is 1. The summed E-state index contributed by atoms with van der Waals surface area (Å²) in [6.45, 7) is 13.9. The molecule has 0 N–H and O–H groups in total. The summed E-state index contributed by atoms with van der Waals surface area (Å²) in [6, 6.07) is 11.2. The third-order valence-corrected chi connectivity index (χ3v) is 6.77. The molecular formula is C27H28ClN3O3S. The zero-order valence-corrected chi connectivity index (χ0v) is 22.5. The summed E-state index contributed by atoms with van der Waals surface area (Å²) in [5.41, 5.74) is 2.67. The number of nitrogens with zero attached hydrogens (tertiary/aromatic N) is 3. The quantitative estimate of drug-likeness (QED) is 0.268. The van der Waals surface area contributed by atoms with Gasteiger partial charge in [0.25, 0.3) is 5.56 Å². The van der Waals surface area contributed by atoms with E-state index in [0.717, 1.165) is 22.3 Å². The Morgan fingerprint density at radius 2 is 1.60 bits per heavy atom. The molecule has 0 amide bonds. The standard InChI is InChI=1S/C27H28ClN3O3S/c1-15(32)34-22-19(26(2,3)4)12-16(13-20(22)27(5,6)7)14-21-24(33)31-25(35-21)29-23(30-31)17-8-10-18(28)11-9-17/h8-14H,1-7H3/b21-14-. The molecule has 0 saturated carbocycles. The Morgan fingerprint density at radius 3 is 2.09 bits per heavy atom. The van der Waals surface area contributed by atoms with Gasteiger partial charge in [-0.05, 0) is 58.9 Å². The lowest BCUT2D eigenvalue weighted by molar-refractivity contribution is -0.132. The Hall–Kier alpha value is -3.03. The highest BCUT2D eigenvalue weighted by atomic mass is 35.5. The van der Waals surface area contributed by atoms with E-state index in [0.29, 0.717) is 26.1 Å². The number of thiazole rings is 1. The van der Waals surface area contributed by atoms with Crippen LogP contribution in [0.3, 0.4) is 0 Å². The first kappa shape index (κ1) is 25.1. The van der Waals surface area contributed by atoms with Gasteiger partial charge < -0.3 is 4.74 Å². The monoisotopic (exact) mass is 509 g/mol. The molecule has 4 rings (SSSR count). The minimum atomic E-state index is -0.360. The highest BCUT2D eigenvalue weighted by Crippen LogP contribution is 2.41. The second-order valence-corrected chi connectivity index (χ2v) is 12.0. The summed E-state index contributed by atoms with van der Waals surface area (Å²) < 4.78 is 7.58. The van der Waals surface area contributed by atoms with E-state index in [1.165, 1.54) is 22.8 Å². The maximum absolute atomic E-state index is 13.2. The molecule has 0 unspecified atom stereocenters. The fraction of sp³-hybridized carbons (Fsp3) is 0.333. The van der Waals surface area contributed by atoms with Gasteiger partial charge in [0.1, 0.15) is 5.75 Å². The van der Waals surface area contributed by atoms with E-state index < -0.39 is 0 Å². The molecular weight excluding hydrogens is 482 g/mol. The van der Waals surface area contributed by atoms with Gasteiger partial charge >= 0.3 is 5.97 Å². The number of hydrogen-bond donors (Lipinski definition) is 0. The van der Waals surface area contributed by atoms with E-state index >= 15 is 0 Å². The number of fused-ring (bicyclic) bond motifs is 1. The van der Waals surface area contributed by atoms with Gasteiger partial charge in [-0.25, -0.2) is 0 Å². The predicted molar refractivity (Wildman–Crippen MR) is 142 cm³/mol. The summed E-state index contributed by atoms with van der Waals surface area (Å²) in [5.74, 6) is 0.709. The van der Waals surface area contributed by atoms with Gasteiger partial charge in [-0.15, -0.1) is 5.10 Å². The van der Waals surface area contributed by atoms with Crippen LogP contribution in [-0.2, 0) is 15.6 Å². The van der Waals surface area contributed by atoms with E-state index in [1.54, 1.807) is 12.1 Å². The molecule has 0 fully saturated rings. The molecule has 2 heterocycles. The first-order valence-corrected chi connectivity index (χ1v) is 12.5. The molecule has 0 saturated heterocycles. The number of carbonyl (C=O) groups is 1. The average Bonchev–Trinajstić information content (AvgIpc) is 3.27. The molecule has 0 aliphatic rings. The van der Waals surface area contributed by atoms with Crippen molar-refractivity contribution in [2.45, 2.75) is 59.3 Å². The second kappa shape index (κ2) is 8.88. The van der Waals surface area contributed by atoms with E-state index in [2.05, 4.69) is 51.6 Å². The lowest BCUT2D eigenvalue weighted by Gasteiger charge is -2.29. The van der Waals surface area contributed by atoms with Gasteiger partial charge in [0, 0.05) is 28.6 Å². The topological polar surface area (TPSA) is 73.6 Å². The largest absolute Gasteiger partial charge is 0.426 e. The van der Waals surface area contributed by atoms with Crippen LogP contribution in [0, 0.1) is 0 Å². The summed E-state index contributed by atoms with van der Waals surface area (Å²) in [4.78, 5) is 30.1. The number of hydrogen-bond acceptors (Lipinski definition) is 6. The van der Waals surface area contributed by atoms with Crippen LogP contribution >= 0.6 is 22.9 Å². The van der Waals surface area contributed by atoms with Crippen LogP contribution in [0.25, 0.3) is 22.4 Å². The maximum Gasteiger partial charge on any atom is 0.308 e. The van der Waals surface area contributed by atoms with Crippen LogP contribution < -0.4 is 14.8 Å². The number of aromatic nitrogens is 3. The zero-order valence-electron chi connectivity index (χ0n) is 20.9. The van der Waals surface area contributed by atoms with Crippen LogP contribution in [0.1, 0.15) is 65.2 Å². The Bertz CT molecular complexity index is 1500. The van der Waals surface area contributed by atoms with Crippen molar-refractivity contribution in [2.75, 3.05) is 0 Å². The molecule has 0 radical (unpaired) electrons. The van der Waals surface area contributed by atoms with E-state index in [4.69, 9.17) is 16.3 Å². The molecule has 2 aromatic carbocycles. The highest BCUT2D eigenvalue weighted by Gasteiger charge is 2.28. The summed E-state index contributed by atoms with van der Waals surface area (Å²) >= 11 is 7.26. The Morgan fingerprint density at radius 1 is 1.03 bits per heavy atom. The smallest absolute Gasteiger partial charge is 0.308 e. The number of ether oxygens (including phenoxy) is 1. The zero-order chi connectivity index (χ0) is 25.7. The first-order chi connectivity index (χ1) is 16.2. The number of rotatable bonds is 3. The van der Waals surface area contributed by atoms with Crippen molar-refractivity contribution >= 4 is 39.9 Å². The van der Waals surface area contributed by atoms with Crippen molar-refractivity contribution in [1.29, 1.82) is 0 Å². The highest BCUT2D eigenvalue weighted by molar-refractivity contribution is 7.15. The molecule has 4 aromatic rings. The van der Waals surface area contributed by atoms with Gasteiger partial charge in [0.05, 0.1) is 4.53 Å². The molecule has 0 spiro atoms. The van der Waals surface area contributed by atoms with Crippen LogP contribution in [0.15, 0.2) is 41.2 Å². The SMILES string of the molecule is CC(=O)Oc1c(C(C)(C)C)cc(/C=c2\sc3nc(-c4ccc(Cl)cc4)nn3c2=O)cc1C(C)(C)C. The van der Waals surface area contributed by atoms with Crippen molar-refractivity contribution < 1.29 is 9.53 Å². The second-order valence-electron chi connectivity index (χ2n) is 10.6. The van der Waals surface area contributed by atoms with Crippen molar-refractivity contribution in [3.05, 3.63) is 73.0 Å². The van der Waals surface area contributed by atoms with Gasteiger partial charge in [-0.2, -0.15) is 9.50 Å². The summed E-state index contributed by atoms with van der Waals surface area (Å²) in [7, 11) is 0. The van der Waals surface area contributed by atoms with E-state index in [-0.39, 0.29) is 22.4 Å². The van der Waals surface area contributed by atoms with Crippen LogP contribution in [-0.4, -0.2) is 20.6 Å². The number of halogens is 1. The fourth-order valence-corrected chi connectivity index (χ4v) is 4.84. The van der Waals surface area contributed by atoms with Crippen LogP contribution in [0.5, 0.6) is 5.75 Å². The lowest BCUT2D eigenvalue weighted by Crippen LogP contribution is -2.24. The van der Waals surface area contributed by atoms with Crippen molar-refractivity contribution in [2.24, 2.45) is 0 Å². The minimum absolute atomic E-state index is 0.226. The molecule has 182 valence electrons. The van der Waals surface area contributed by atoms with Gasteiger partial charge in [-0.3, -0.25) is 9.59 Å². The molecule has 35 heavy (non-hydrogen) atoms. The van der Waals surface area contributed by atoms with Crippen LogP contribution in [0.4, 0.5) is 0 Å². The van der Waals surface area contributed by atoms with Gasteiger partial charge in [0.2, 0.25) is 4.96 Å². The van der Waals surface area contributed by atoms with Gasteiger partial charge in [-0.1, -0.05) is 64.5 Å². The summed E-state index contributed by atoms with van der Waals surface area (Å²) in [5, 5.41) is 5.04. The normalized spacial score (nSPS) is 13.0. The summed E-state index contributed by atoms with van der Waals surface area (Å²) in [6.07, 6.45) is 1.85. The minimum Gasteiger partial charge on any atom is -0.426 e. The maximum atomic E-state index is 13.2. The molecule has 2 aromatic heterocycles. The average molecular weight is 510 g/mol. The molecule has 8 heteroatoms. The van der Waals surface area contributed by atoms with Crippen molar-refractivity contribution in [3.8, 4) is 17.1 Å². The molecule has 0 aliphatic carbocycles. The first-order valence-electron chi connectivity index (χ1n) is 11.3. The Labute approximate surface area is 213 Å². The Balaban J connectivity index is 1.88. The van der Waals surface area contributed by atoms with Crippen molar-refractivity contribution in [1.82, 2.24) is 14.6 Å². The third kappa shape index (κ3) is 5.16. The molecule has 6 nitrogen and oxygen atoms in total. The fourth-order valence-electron chi connectivity index (χ4n) is 3.81. The number of esters is 1. The molecule has 0 aliphatic heterocycles. The van der Waals surface area contributed by atoms with Crippen LogP contribution in [0.2, 0.25) is 5.02 Å². The number of benzene rings is 2. The predicted octanol–water partition coefficient (Wildman–Crippen LogP) is 5.54. The van der Waals surface area contributed by atoms with E-state index in [1.807, 2.05) is 30.3 Å². The Kier molecular flexibility index (Phi) is 6.36. The van der Waals surface area contributed by atoms with E-state index in [9.17, 15) is 9.59 Å². The third-order valence-electron chi connectivity index (χ3n) is 5.56. The van der Waals surface area contributed by atoms with Gasteiger partial charge in [0.15, 0.2) is 5.82 Å². The molecule has 0 bridgehead atoms. The van der Waals surface area contributed by atoms with Crippen molar-refractivity contribution in [3.63, 3.8) is 0 Å². The molecule has 0 atom stereocenters.